The SMILES string of the molecule is Cc1ccc(C)c(OCCc2ncc(C(=N)N)s2)c1. The highest BCUT2D eigenvalue weighted by atomic mass is 32.1. The Kier molecular flexibility index (Phi) is 4.16. The van der Waals surface area contributed by atoms with Gasteiger partial charge in [-0.25, -0.2) is 4.98 Å². The van der Waals surface area contributed by atoms with E-state index < -0.39 is 0 Å². The summed E-state index contributed by atoms with van der Waals surface area (Å²) >= 11 is 1.44. The Morgan fingerprint density at radius 2 is 2.21 bits per heavy atom. The maximum atomic E-state index is 7.33. The van der Waals surface area contributed by atoms with E-state index in [1.54, 1.807) is 6.20 Å². The lowest BCUT2D eigenvalue weighted by molar-refractivity contribution is 0.319. The van der Waals surface area contributed by atoms with Crippen LogP contribution in [0.2, 0.25) is 0 Å². The molecule has 0 unspecified atom stereocenters. The summed E-state index contributed by atoms with van der Waals surface area (Å²) in [5, 5.41) is 8.27. The summed E-state index contributed by atoms with van der Waals surface area (Å²) in [6.45, 7) is 4.66. The van der Waals surface area contributed by atoms with E-state index in [1.807, 2.05) is 19.9 Å². The summed E-state index contributed by atoms with van der Waals surface area (Å²) in [6, 6.07) is 6.17. The van der Waals surface area contributed by atoms with Crippen LogP contribution in [0.5, 0.6) is 5.75 Å². The number of rotatable bonds is 5. The molecule has 0 fully saturated rings. The first kappa shape index (κ1) is 13.5. The molecule has 2 rings (SSSR count). The monoisotopic (exact) mass is 275 g/mol. The normalized spacial score (nSPS) is 10.4. The van der Waals surface area contributed by atoms with Gasteiger partial charge in [0.15, 0.2) is 0 Å². The van der Waals surface area contributed by atoms with Crippen molar-refractivity contribution in [2.24, 2.45) is 5.73 Å². The molecular weight excluding hydrogens is 258 g/mol. The second kappa shape index (κ2) is 5.84. The van der Waals surface area contributed by atoms with Crippen LogP contribution in [0.3, 0.4) is 0 Å². The molecule has 0 radical (unpaired) electrons. The van der Waals surface area contributed by atoms with Crippen molar-refractivity contribution >= 4 is 17.2 Å². The molecule has 4 nitrogen and oxygen atoms in total. The van der Waals surface area contributed by atoms with Gasteiger partial charge in [0.25, 0.3) is 0 Å². The van der Waals surface area contributed by atoms with Crippen molar-refractivity contribution < 1.29 is 4.74 Å². The molecule has 3 N–H and O–H groups in total. The number of aromatic nitrogens is 1. The van der Waals surface area contributed by atoms with Crippen LogP contribution in [0.25, 0.3) is 0 Å². The molecule has 1 aromatic carbocycles. The van der Waals surface area contributed by atoms with E-state index in [2.05, 4.69) is 17.1 Å². The minimum atomic E-state index is 0.0687. The number of ether oxygens (including phenoxy) is 1. The number of amidine groups is 1. The van der Waals surface area contributed by atoms with Gasteiger partial charge in [-0.3, -0.25) is 5.41 Å². The maximum Gasteiger partial charge on any atom is 0.134 e. The van der Waals surface area contributed by atoms with E-state index in [0.29, 0.717) is 11.5 Å². The number of thiazole rings is 1. The first-order chi connectivity index (χ1) is 9.06. The molecule has 5 heteroatoms. The molecule has 2 aromatic rings. The minimum Gasteiger partial charge on any atom is -0.493 e. The van der Waals surface area contributed by atoms with Crippen LogP contribution in [0, 0.1) is 19.3 Å². The minimum absolute atomic E-state index is 0.0687. The smallest absolute Gasteiger partial charge is 0.134 e. The van der Waals surface area contributed by atoms with Crippen molar-refractivity contribution in [2.75, 3.05) is 6.61 Å². The molecule has 19 heavy (non-hydrogen) atoms. The van der Waals surface area contributed by atoms with Crippen molar-refractivity contribution in [3.05, 3.63) is 45.4 Å². The predicted octanol–water partition coefficient (Wildman–Crippen LogP) is 2.67. The summed E-state index contributed by atoms with van der Waals surface area (Å²) in [7, 11) is 0. The van der Waals surface area contributed by atoms with Gasteiger partial charge in [-0.1, -0.05) is 12.1 Å². The largest absolute Gasteiger partial charge is 0.493 e. The molecule has 0 saturated carbocycles. The Morgan fingerprint density at radius 3 is 2.89 bits per heavy atom. The molecule has 0 aliphatic rings. The van der Waals surface area contributed by atoms with Crippen LogP contribution in [0.1, 0.15) is 21.0 Å². The van der Waals surface area contributed by atoms with Gasteiger partial charge in [0.05, 0.1) is 16.5 Å². The standard InChI is InChI=1S/C14H17N3OS/c1-9-3-4-10(2)11(7-9)18-6-5-13-17-8-12(19-13)14(15)16/h3-4,7-8H,5-6H2,1-2H3,(H3,15,16). The predicted molar refractivity (Wildman–Crippen MR) is 78.2 cm³/mol. The quantitative estimate of drug-likeness (QED) is 0.651. The van der Waals surface area contributed by atoms with E-state index in [-0.39, 0.29) is 5.84 Å². The fourth-order valence-corrected chi connectivity index (χ4v) is 2.42. The molecular formula is C14H17N3OS. The third-order valence-corrected chi connectivity index (χ3v) is 3.83. The summed E-state index contributed by atoms with van der Waals surface area (Å²) in [5.41, 5.74) is 7.73. The van der Waals surface area contributed by atoms with Gasteiger partial charge in [-0.05, 0) is 31.0 Å². The lowest BCUT2D eigenvalue weighted by atomic mass is 10.1. The van der Waals surface area contributed by atoms with Gasteiger partial charge >= 0.3 is 0 Å². The summed E-state index contributed by atoms with van der Waals surface area (Å²) in [4.78, 5) is 4.94. The van der Waals surface area contributed by atoms with Gasteiger partial charge in [-0.2, -0.15) is 0 Å². The summed E-state index contributed by atoms with van der Waals surface area (Å²) < 4.78 is 5.77. The van der Waals surface area contributed by atoms with Gasteiger partial charge in [0, 0.05) is 12.6 Å². The molecule has 0 spiro atoms. The van der Waals surface area contributed by atoms with Crippen molar-refractivity contribution in [3.8, 4) is 5.75 Å². The Hall–Kier alpha value is -1.88. The summed E-state index contributed by atoms with van der Waals surface area (Å²) in [6.07, 6.45) is 2.37. The Morgan fingerprint density at radius 1 is 1.42 bits per heavy atom. The zero-order valence-corrected chi connectivity index (χ0v) is 11.9. The molecule has 0 bridgehead atoms. The second-order valence-corrected chi connectivity index (χ2v) is 5.51. The number of nitrogen functional groups attached to an aromatic ring is 1. The number of hydrogen-bond acceptors (Lipinski definition) is 4. The molecule has 1 aromatic heterocycles. The van der Waals surface area contributed by atoms with Crippen LogP contribution < -0.4 is 10.5 Å². The van der Waals surface area contributed by atoms with E-state index >= 15 is 0 Å². The number of hydrogen-bond donors (Lipinski definition) is 2. The van der Waals surface area contributed by atoms with Gasteiger partial charge in [0.2, 0.25) is 0 Å². The fraction of sp³-hybridized carbons (Fsp3) is 0.286. The molecule has 0 aliphatic carbocycles. The number of nitrogens with zero attached hydrogens (tertiary/aromatic N) is 1. The van der Waals surface area contributed by atoms with Crippen molar-refractivity contribution in [1.82, 2.24) is 4.98 Å². The zero-order valence-electron chi connectivity index (χ0n) is 11.1. The van der Waals surface area contributed by atoms with Crippen LogP contribution >= 0.6 is 11.3 Å². The van der Waals surface area contributed by atoms with E-state index in [1.165, 1.54) is 16.9 Å². The van der Waals surface area contributed by atoms with Crippen molar-refractivity contribution in [2.45, 2.75) is 20.3 Å². The molecule has 0 saturated heterocycles. The third kappa shape index (κ3) is 3.54. The van der Waals surface area contributed by atoms with Crippen molar-refractivity contribution in [3.63, 3.8) is 0 Å². The highest BCUT2D eigenvalue weighted by Crippen LogP contribution is 2.20. The van der Waals surface area contributed by atoms with E-state index in [0.717, 1.165) is 22.7 Å². The lowest BCUT2D eigenvalue weighted by Gasteiger charge is -2.08. The number of nitrogens with one attached hydrogen (secondary N) is 1. The van der Waals surface area contributed by atoms with Gasteiger partial charge < -0.3 is 10.5 Å². The van der Waals surface area contributed by atoms with Crippen LogP contribution in [0.15, 0.2) is 24.4 Å². The molecule has 0 atom stereocenters. The Labute approximate surface area is 116 Å². The highest BCUT2D eigenvalue weighted by Gasteiger charge is 2.05. The Balaban J connectivity index is 1.92. The zero-order chi connectivity index (χ0) is 13.8. The van der Waals surface area contributed by atoms with E-state index in [4.69, 9.17) is 15.9 Å². The maximum absolute atomic E-state index is 7.33. The summed E-state index contributed by atoms with van der Waals surface area (Å²) in [5.74, 6) is 0.988. The van der Waals surface area contributed by atoms with Crippen molar-refractivity contribution in [1.29, 1.82) is 5.41 Å². The van der Waals surface area contributed by atoms with Crippen LogP contribution in [-0.4, -0.2) is 17.4 Å². The molecule has 100 valence electrons. The fourth-order valence-electron chi connectivity index (χ4n) is 1.66. The second-order valence-electron chi connectivity index (χ2n) is 4.40. The molecule has 0 aliphatic heterocycles. The number of aryl methyl sites for hydroxylation is 2. The van der Waals surface area contributed by atoms with Gasteiger partial charge in [-0.15, -0.1) is 11.3 Å². The molecule has 0 amide bonds. The number of benzene rings is 1. The lowest BCUT2D eigenvalue weighted by Crippen LogP contribution is -2.08. The average Bonchev–Trinajstić information content (AvgIpc) is 2.82. The average molecular weight is 275 g/mol. The van der Waals surface area contributed by atoms with Gasteiger partial charge in [0.1, 0.15) is 11.6 Å². The van der Waals surface area contributed by atoms with E-state index in [9.17, 15) is 0 Å². The Bertz CT molecular complexity index is 592. The van der Waals surface area contributed by atoms with Crippen LogP contribution in [0.4, 0.5) is 0 Å². The topological polar surface area (TPSA) is 72.0 Å². The highest BCUT2D eigenvalue weighted by molar-refractivity contribution is 7.13. The van der Waals surface area contributed by atoms with Crippen LogP contribution in [-0.2, 0) is 6.42 Å². The number of nitrogens with two attached hydrogens (primary N) is 1. The molecule has 1 heterocycles. The third-order valence-electron chi connectivity index (χ3n) is 2.74. The first-order valence-corrected chi connectivity index (χ1v) is 6.87. The first-order valence-electron chi connectivity index (χ1n) is 6.05.